The Balaban J connectivity index is 3.05. The van der Waals surface area contributed by atoms with Crippen LogP contribution in [0, 0.1) is 17.0 Å². The standard InChI is InChI=1S/C12H14N2O6/c1-6-3-4-8(14(19)20)5-9(6)11(16)13-10(7(2)15)12(17)18/h3-5,7,10,15H,1-2H3,(H,13,16)(H,17,18)/t7-,10+/m1/s1. The lowest BCUT2D eigenvalue weighted by atomic mass is 10.1. The van der Waals surface area contributed by atoms with Gasteiger partial charge in [-0.2, -0.15) is 0 Å². The fourth-order valence-corrected chi connectivity index (χ4v) is 1.58. The number of hydrogen-bond acceptors (Lipinski definition) is 5. The highest BCUT2D eigenvalue weighted by molar-refractivity contribution is 5.98. The first-order valence-electron chi connectivity index (χ1n) is 5.70. The van der Waals surface area contributed by atoms with Crippen molar-refractivity contribution in [2.45, 2.75) is 26.0 Å². The van der Waals surface area contributed by atoms with Crippen LogP contribution in [0.1, 0.15) is 22.8 Å². The molecule has 0 radical (unpaired) electrons. The number of aliphatic carboxylic acids is 1. The molecule has 0 aromatic heterocycles. The molecule has 0 spiro atoms. The van der Waals surface area contributed by atoms with Crippen molar-refractivity contribution in [3.8, 4) is 0 Å². The molecule has 0 bridgehead atoms. The Morgan fingerprint density at radius 2 is 2.00 bits per heavy atom. The number of non-ortho nitro benzene ring substituents is 1. The first-order valence-corrected chi connectivity index (χ1v) is 5.70. The second-order valence-electron chi connectivity index (χ2n) is 4.29. The molecule has 3 N–H and O–H groups in total. The molecule has 1 rings (SSSR count). The van der Waals surface area contributed by atoms with Crippen molar-refractivity contribution in [2.24, 2.45) is 0 Å². The van der Waals surface area contributed by atoms with E-state index in [-0.39, 0.29) is 11.3 Å². The molecule has 1 aromatic rings. The first kappa shape index (κ1) is 15.6. The molecule has 0 saturated carbocycles. The summed E-state index contributed by atoms with van der Waals surface area (Å²) < 4.78 is 0. The number of nitro benzene ring substituents is 1. The van der Waals surface area contributed by atoms with Gasteiger partial charge in [-0.05, 0) is 19.4 Å². The molecule has 0 heterocycles. The summed E-state index contributed by atoms with van der Waals surface area (Å²) in [4.78, 5) is 32.8. The van der Waals surface area contributed by atoms with Crippen LogP contribution in [0.4, 0.5) is 5.69 Å². The minimum absolute atomic E-state index is 0.00824. The molecule has 108 valence electrons. The number of carboxylic acid groups (broad SMARTS) is 1. The van der Waals surface area contributed by atoms with Gasteiger partial charge in [-0.1, -0.05) is 6.07 Å². The quantitative estimate of drug-likeness (QED) is 0.531. The third kappa shape index (κ3) is 3.51. The van der Waals surface area contributed by atoms with E-state index < -0.39 is 28.9 Å². The van der Waals surface area contributed by atoms with E-state index in [1.54, 1.807) is 6.92 Å². The summed E-state index contributed by atoms with van der Waals surface area (Å²) in [6.07, 6.45) is -1.30. The summed E-state index contributed by atoms with van der Waals surface area (Å²) in [6.45, 7) is 2.79. The van der Waals surface area contributed by atoms with Crippen molar-refractivity contribution in [2.75, 3.05) is 0 Å². The lowest BCUT2D eigenvalue weighted by Gasteiger charge is -2.17. The van der Waals surface area contributed by atoms with E-state index in [4.69, 9.17) is 5.11 Å². The fraction of sp³-hybridized carbons (Fsp3) is 0.333. The van der Waals surface area contributed by atoms with Gasteiger partial charge in [0.1, 0.15) is 0 Å². The minimum Gasteiger partial charge on any atom is -0.480 e. The van der Waals surface area contributed by atoms with Crippen molar-refractivity contribution in [1.29, 1.82) is 0 Å². The summed E-state index contributed by atoms with van der Waals surface area (Å²) >= 11 is 0. The van der Waals surface area contributed by atoms with Crippen LogP contribution < -0.4 is 5.32 Å². The van der Waals surface area contributed by atoms with E-state index in [0.29, 0.717) is 5.56 Å². The molecule has 8 heteroatoms. The molecule has 2 atom stereocenters. The van der Waals surface area contributed by atoms with Crippen LogP contribution in [0.3, 0.4) is 0 Å². The number of nitro groups is 1. The maximum Gasteiger partial charge on any atom is 0.328 e. The number of benzene rings is 1. The van der Waals surface area contributed by atoms with E-state index in [1.165, 1.54) is 19.1 Å². The first-order chi connectivity index (χ1) is 9.23. The lowest BCUT2D eigenvalue weighted by molar-refractivity contribution is -0.384. The van der Waals surface area contributed by atoms with Gasteiger partial charge in [-0.25, -0.2) is 4.79 Å². The largest absolute Gasteiger partial charge is 0.480 e. The summed E-state index contributed by atoms with van der Waals surface area (Å²) in [6, 6.07) is 2.22. The minimum atomic E-state index is -1.49. The molecule has 20 heavy (non-hydrogen) atoms. The van der Waals surface area contributed by atoms with Gasteiger partial charge in [0.25, 0.3) is 11.6 Å². The van der Waals surface area contributed by atoms with Crippen LogP contribution in [0.5, 0.6) is 0 Å². The van der Waals surface area contributed by atoms with E-state index >= 15 is 0 Å². The fourth-order valence-electron chi connectivity index (χ4n) is 1.58. The molecular formula is C12H14N2O6. The second-order valence-corrected chi connectivity index (χ2v) is 4.29. The van der Waals surface area contributed by atoms with Gasteiger partial charge in [0, 0.05) is 17.7 Å². The predicted octanol–water partition coefficient (Wildman–Crippen LogP) is 0.467. The molecule has 8 nitrogen and oxygen atoms in total. The second kappa shape index (κ2) is 6.11. The number of hydrogen-bond donors (Lipinski definition) is 3. The van der Waals surface area contributed by atoms with Gasteiger partial charge < -0.3 is 15.5 Å². The highest BCUT2D eigenvalue weighted by Gasteiger charge is 2.26. The number of carbonyl (C=O) groups is 2. The Kier molecular flexibility index (Phi) is 4.76. The number of aliphatic hydroxyl groups is 1. The van der Waals surface area contributed by atoms with Gasteiger partial charge in [-0.15, -0.1) is 0 Å². The summed E-state index contributed by atoms with van der Waals surface area (Å²) in [5.74, 6) is -2.18. The SMILES string of the molecule is Cc1ccc([N+](=O)[O-])cc1C(=O)N[C@H](C(=O)O)[C@@H](C)O. The molecule has 0 fully saturated rings. The molecule has 0 saturated heterocycles. The predicted molar refractivity (Wildman–Crippen MR) is 68.4 cm³/mol. The highest BCUT2D eigenvalue weighted by atomic mass is 16.6. The molecule has 0 aliphatic heterocycles. The summed E-state index contributed by atoms with van der Waals surface area (Å²) in [5, 5.41) is 30.9. The average Bonchev–Trinajstić information content (AvgIpc) is 2.34. The summed E-state index contributed by atoms with van der Waals surface area (Å²) in [7, 11) is 0. The average molecular weight is 282 g/mol. The van der Waals surface area contributed by atoms with Crippen LogP contribution in [-0.2, 0) is 4.79 Å². The maximum absolute atomic E-state index is 12.0. The van der Waals surface area contributed by atoms with E-state index in [1.807, 2.05) is 0 Å². The number of amides is 1. The van der Waals surface area contributed by atoms with Crippen LogP contribution >= 0.6 is 0 Å². The monoisotopic (exact) mass is 282 g/mol. The Morgan fingerprint density at radius 3 is 2.45 bits per heavy atom. The van der Waals surface area contributed by atoms with Crippen LogP contribution in [0.15, 0.2) is 18.2 Å². The number of aryl methyl sites for hydroxylation is 1. The number of carboxylic acids is 1. The Bertz CT molecular complexity index is 555. The van der Waals surface area contributed by atoms with Crippen LogP contribution in [-0.4, -0.2) is 39.2 Å². The van der Waals surface area contributed by atoms with Gasteiger partial charge in [0.05, 0.1) is 11.0 Å². The Hall–Kier alpha value is -2.48. The van der Waals surface area contributed by atoms with E-state index in [0.717, 1.165) is 6.07 Å². The molecule has 1 aromatic carbocycles. The van der Waals surface area contributed by atoms with Crippen molar-refractivity contribution in [3.05, 3.63) is 39.4 Å². The highest BCUT2D eigenvalue weighted by Crippen LogP contribution is 2.17. The molecule has 0 aliphatic carbocycles. The van der Waals surface area contributed by atoms with Crippen molar-refractivity contribution >= 4 is 17.6 Å². The molecule has 0 unspecified atom stereocenters. The number of nitrogens with one attached hydrogen (secondary N) is 1. The third-order valence-corrected chi connectivity index (χ3v) is 2.71. The number of aliphatic hydroxyl groups excluding tert-OH is 1. The van der Waals surface area contributed by atoms with Crippen LogP contribution in [0.2, 0.25) is 0 Å². The van der Waals surface area contributed by atoms with Crippen molar-refractivity contribution < 1.29 is 24.7 Å². The Labute approximate surface area is 114 Å². The van der Waals surface area contributed by atoms with Gasteiger partial charge >= 0.3 is 5.97 Å². The Morgan fingerprint density at radius 1 is 1.40 bits per heavy atom. The van der Waals surface area contributed by atoms with Gasteiger partial charge in [0.2, 0.25) is 0 Å². The normalized spacial score (nSPS) is 13.3. The van der Waals surface area contributed by atoms with Crippen molar-refractivity contribution in [1.82, 2.24) is 5.32 Å². The molecular weight excluding hydrogens is 268 g/mol. The van der Waals surface area contributed by atoms with Crippen LogP contribution in [0.25, 0.3) is 0 Å². The van der Waals surface area contributed by atoms with Gasteiger partial charge in [0.15, 0.2) is 6.04 Å². The summed E-state index contributed by atoms with van der Waals surface area (Å²) in [5.41, 5.74) is 0.179. The molecule has 1 amide bonds. The smallest absolute Gasteiger partial charge is 0.328 e. The van der Waals surface area contributed by atoms with Gasteiger partial charge in [-0.3, -0.25) is 14.9 Å². The third-order valence-electron chi connectivity index (χ3n) is 2.71. The molecule has 0 aliphatic rings. The zero-order valence-corrected chi connectivity index (χ0v) is 10.9. The number of nitrogens with zero attached hydrogens (tertiary/aromatic N) is 1. The van der Waals surface area contributed by atoms with Crippen molar-refractivity contribution in [3.63, 3.8) is 0 Å². The maximum atomic E-state index is 12.0. The zero-order chi connectivity index (χ0) is 15.4. The topological polar surface area (TPSA) is 130 Å². The van der Waals surface area contributed by atoms with E-state index in [2.05, 4.69) is 5.32 Å². The lowest BCUT2D eigenvalue weighted by Crippen LogP contribution is -2.47. The number of carbonyl (C=O) groups excluding carboxylic acids is 1. The van der Waals surface area contributed by atoms with E-state index in [9.17, 15) is 24.8 Å². The zero-order valence-electron chi connectivity index (χ0n) is 10.9. The number of rotatable bonds is 5.